The van der Waals surface area contributed by atoms with E-state index >= 15 is 0 Å². The molecule has 110 valence electrons. The summed E-state index contributed by atoms with van der Waals surface area (Å²) < 4.78 is 0. The Morgan fingerprint density at radius 3 is 2.70 bits per heavy atom. The minimum atomic E-state index is 0.165. The van der Waals surface area contributed by atoms with Crippen molar-refractivity contribution in [2.45, 2.75) is 39.3 Å². The van der Waals surface area contributed by atoms with Crippen molar-refractivity contribution in [2.24, 2.45) is 5.92 Å². The van der Waals surface area contributed by atoms with E-state index in [1.165, 1.54) is 0 Å². The van der Waals surface area contributed by atoms with E-state index in [1.54, 1.807) is 0 Å². The molecule has 2 rings (SSSR count). The van der Waals surface area contributed by atoms with Crippen LogP contribution in [-0.2, 0) is 11.3 Å². The lowest BCUT2D eigenvalue weighted by Crippen LogP contribution is -2.43. The lowest BCUT2D eigenvalue weighted by atomic mass is 9.95. The van der Waals surface area contributed by atoms with Gasteiger partial charge in [-0.25, -0.2) is 0 Å². The maximum atomic E-state index is 12.7. The van der Waals surface area contributed by atoms with Crippen molar-refractivity contribution in [1.29, 1.82) is 0 Å². The molecule has 20 heavy (non-hydrogen) atoms. The molecule has 0 aromatic heterocycles. The Hall–Kier alpha value is -1.06. The van der Waals surface area contributed by atoms with E-state index in [9.17, 15) is 4.79 Å². The Balaban J connectivity index is 2.08. The van der Waals surface area contributed by atoms with Crippen molar-refractivity contribution in [3.63, 3.8) is 0 Å². The van der Waals surface area contributed by atoms with Crippen molar-refractivity contribution in [2.75, 3.05) is 13.1 Å². The lowest BCUT2D eigenvalue weighted by molar-refractivity contribution is -0.138. The highest BCUT2D eigenvalue weighted by atomic mass is 35.5. The number of nitrogens with zero attached hydrogens (tertiary/aromatic N) is 1. The van der Waals surface area contributed by atoms with Gasteiger partial charge in [-0.1, -0.05) is 23.7 Å². The fourth-order valence-electron chi connectivity index (χ4n) is 2.65. The molecule has 4 heteroatoms. The molecule has 1 aliphatic heterocycles. The summed E-state index contributed by atoms with van der Waals surface area (Å²) in [5, 5.41) is 4.03. The molecular formula is C16H23ClN2O. The molecule has 0 bridgehead atoms. The van der Waals surface area contributed by atoms with Crippen molar-refractivity contribution in [1.82, 2.24) is 10.2 Å². The molecule has 1 aromatic carbocycles. The van der Waals surface area contributed by atoms with Crippen LogP contribution in [0.25, 0.3) is 0 Å². The van der Waals surface area contributed by atoms with E-state index in [4.69, 9.17) is 11.6 Å². The van der Waals surface area contributed by atoms with Crippen molar-refractivity contribution < 1.29 is 4.79 Å². The van der Waals surface area contributed by atoms with Gasteiger partial charge in [-0.2, -0.15) is 0 Å². The number of carbonyl (C=O) groups is 1. The molecule has 0 saturated carbocycles. The molecule has 0 spiro atoms. The van der Waals surface area contributed by atoms with Crippen LogP contribution in [0.1, 0.15) is 32.3 Å². The minimum Gasteiger partial charge on any atom is -0.336 e. The standard InChI is InChI=1S/C16H23ClN2O/c1-12(2)19(11-13-4-3-5-15(17)10-13)16(20)14-6-8-18-9-7-14/h3-5,10,12,14,18H,6-9,11H2,1-2H3. The number of halogens is 1. The van der Waals surface area contributed by atoms with Crippen LogP contribution in [0.5, 0.6) is 0 Å². The SMILES string of the molecule is CC(C)N(Cc1cccc(Cl)c1)C(=O)C1CCNCC1. The second-order valence-electron chi connectivity index (χ2n) is 5.71. The number of hydrogen-bond acceptors (Lipinski definition) is 2. The summed E-state index contributed by atoms with van der Waals surface area (Å²) in [4.78, 5) is 14.7. The van der Waals surface area contributed by atoms with Gasteiger partial charge in [0.15, 0.2) is 0 Å². The molecule has 0 unspecified atom stereocenters. The molecule has 1 N–H and O–H groups in total. The third-order valence-corrected chi connectivity index (χ3v) is 4.07. The van der Waals surface area contributed by atoms with E-state index in [2.05, 4.69) is 19.2 Å². The number of nitrogens with one attached hydrogen (secondary N) is 1. The van der Waals surface area contributed by atoms with Crippen LogP contribution in [-0.4, -0.2) is 29.9 Å². The molecule has 1 aliphatic rings. The zero-order chi connectivity index (χ0) is 14.5. The molecule has 0 radical (unpaired) electrons. The number of hydrogen-bond donors (Lipinski definition) is 1. The van der Waals surface area contributed by atoms with Gasteiger partial charge in [0.25, 0.3) is 0 Å². The second-order valence-corrected chi connectivity index (χ2v) is 6.15. The Labute approximate surface area is 126 Å². The third-order valence-electron chi connectivity index (χ3n) is 3.84. The van der Waals surface area contributed by atoms with Gasteiger partial charge in [-0.05, 0) is 57.5 Å². The molecule has 1 saturated heterocycles. The number of benzene rings is 1. The van der Waals surface area contributed by atoms with E-state index in [0.717, 1.165) is 36.5 Å². The van der Waals surface area contributed by atoms with E-state index in [0.29, 0.717) is 6.54 Å². The maximum absolute atomic E-state index is 12.7. The normalized spacial score (nSPS) is 16.4. The molecule has 1 heterocycles. The number of rotatable bonds is 4. The van der Waals surface area contributed by atoms with Gasteiger partial charge >= 0.3 is 0 Å². The Morgan fingerprint density at radius 2 is 2.10 bits per heavy atom. The summed E-state index contributed by atoms with van der Waals surface area (Å²) in [7, 11) is 0. The largest absolute Gasteiger partial charge is 0.336 e. The first-order chi connectivity index (χ1) is 9.58. The Kier molecular flexibility index (Phi) is 5.44. The molecule has 1 fully saturated rings. The van der Waals surface area contributed by atoms with Crippen LogP contribution in [0.2, 0.25) is 5.02 Å². The Bertz CT molecular complexity index is 456. The minimum absolute atomic E-state index is 0.165. The second kappa shape index (κ2) is 7.09. The van der Waals surface area contributed by atoms with Gasteiger partial charge in [0.2, 0.25) is 5.91 Å². The lowest BCUT2D eigenvalue weighted by Gasteiger charge is -2.32. The van der Waals surface area contributed by atoms with E-state index in [1.807, 2.05) is 29.2 Å². The van der Waals surface area contributed by atoms with Crippen molar-refractivity contribution in [3.8, 4) is 0 Å². The smallest absolute Gasteiger partial charge is 0.226 e. The van der Waals surface area contributed by atoms with Gasteiger partial charge in [0, 0.05) is 23.5 Å². The van der Waals surface area contributed by atoms with Gasteiger partial charge in [0.05, 0.1) is 0 Å². The average molecular weight is 295 g/mol. The molecule has 3 nitrogen and oxygen atoms in total. The Morgan fingerprint density at radius 1 is 1.40 bits per heavy atom. The van der Waals surface area contributed by atoms with Crippen molar-refractivity contribution >= 4 is 17.5 Å². The van der Waals surface area contributed by atoms with Crippen molar-refractivity contribution in [3.05, 3.63) is 34.9 Å². The van der Waals surface area contributed by atoms with Crippen LogP contribution >= 0.6 is 11.6 Å². The fraction of sp³-hybridized carbons (Fsp3) is 0.562. The third kappa shape index (κ3) is 3.97. The maximum Gasteiger partial charge on any atom is 0.226 e. The molecular weight excluding hydrogens is 272 g/mol. The van der Waals surface area contributed by atoms with Gasteiger partial charge in [-0.15, -0.1) is 0 Å². The van der Waals surface area contributed by atoms with Gasteiger partial charge in [0.1, 0.15) is 0 Å². The number of carbonyl (C=O) groups excluding carboxylic acids is 1. The van der Waals surface area contributed by atoms with E-state index in [-0.39, 0.29) is 17.9 Å². The predicted molar refractivity (Wildman–Crippen MR) is 82.7 cm³/mol. The monoisotopic (exact) mass is 294 g/mol. The highest BCUT2D eigenvalue weighted by Crippen LogP contribution is 2.20. The first-order valence-corrected chi connectivity index (χ1v) is 7.71. The predicted octanol–water partition coefficient (Wildman–Crippen LogP) is 3.08. The number of piperidine rings is 1. The van der Waals surface area contributed by atoms with Gasteiger partial charge in [-0.3, -0.25) is 4.79 Å². The first kappa shape index (κ1) is 15.3. The zero-order valence-electron chi connectivity index (χ0n) is 12.2. The summed E-state index contributed by atoms with van der Waals surface area (Å²) in [5.41, 5.74) is 1.09. The first-order valence-electron chi connectivity index (χ1n) is 7.33. The average Bonchev–Trinajstić information content (AvgIpc) is 2.45. The molecule has 0 aliphatic carbocycles. The molecule has 0 atom stereocenters. The zero-order valence-corrected chi connectivity index (χ0v) is 13.0. The van der Waals surface area contributed by atoms with E-state index < -0.39 is 0 Å². The summed E-state index contributed by atoms with van der Waals surface area (Å²) in [6, 6.07) is 7.96. The van der Waals surface area contributed by atoms with Crippen LogP contribution in [0.3, 0.4) is 0 Å². The highest BCUT2D eigenvalue weighted by Gasteiger charge is 2.27. The van der Waals surface area contributed by atoms with Crippen LogP contribution in [0.4, 0.5) is 0 Å². The summed E-state index contributed by atoms with van der Waals surface area (Å²) in [5.74, 6) is 0.444. The number of amides is 1. The fourth-order valence-corrected chi connectivity index (χ4v) is 2.86. The van der Waals surface area contributed by atoms with Crippen LogP contribution in [0.15, 0.2) is 24.3 Å². The summed E-state index contributed by atoms with van der Waals surface area (Å²) in [6.45, 7) is 6.67. The summed E-state index contributed by atoms with van der Waals surface area (Å²) in [6.07, 6.45) is 1.88. The van der Waals surface area contributed by atoms with Crippen LogP contribution < -0.4 is 5.32 Å². The van der Waals surface area contributed by atoms with Crippen LogP contribution in [0, 0.1) is 5.92 Å². The highest BCUT2D eigenvalue weighted by molar-refractivity contribution is 6.30. The molecule has 1 aromatic rings. The summed E-state index contributed by atoms with van der Waals surface area (Å²) >= 11 is 6.02. The quantitative estimate of drug-likeness (QED) is 0.925. The van der Waals surface area contributed by atoms with Gasteiger partial charge < -0.3 is 10.2 Å². The topological polar surface area (TPSA) is 32.3 Å². The molecule has 1 amide bonds.